The molecule has 1 aliphatic heterocycles. The van der Waals surface area contributed by atoms with Crippen LogP contribution in [0, 0.1) is 0 Å². The summed E-state index contributed by atoms with van der Waals surface area (Å²) < 4.78 is 15.9. The summed E-state index contributed by atoms with van der Waals surface area (Å²) in [5.41, 5.74) is 1.40. The average molecular weight is 327 g/mol. The second kappa shape index (κ2) is 7.50. The summed E-state index contributed by atoms with van der Waals surface area (Å²) >= 11 is 0. The standard InChI is InChI=1S/C18H17NO5/c20-17(19-14-4-2-1-3-5-14)12-24-18(21)11-13-6-7-15-16(10-13)23-9-8-22-15/h1-7,10H,8-9,11-12H2,(H,19,20). The minimum Gasteiger partial charge on any atom is -0.486 e. The number of benzene rings is 2. The lowest BCUT2D eigenvalue weighted by Gasteiger charge is -2.18. The van der Waals surface area contributed by atoms with E-state index in [1.54, 1.807) is 30.3 Å². The molecule has 1 aliphatic rings. The maximum atomic E-state index is 11.9. The van der Waals surface area contributed by atoms with E-state index >= 15 is 0 Å². The van der Waals surface area contributed by atoms with Crippen LogP contribution in [0.3, 0.4) is 0 Å². The van der Waals surface area contributed by atoms with Gasteiger partial charge < -0.3 is 19.5 Å². The van der Waals surface area contributed by atoms with E-state index in [-0.39, 0.29) is 18.9 Å². The maximum absolute atomic E-state index is 11.9. The molecule has 0 saturated heterocycles. The van der Waals surface area contributed by atoms with Crippen LogP contribution in [0.1, 0.15) is 5.56 Å². The topological polar surface area (TPSA) is 73.9 Å². The second-order valence-electron chi connectivity index (χ2n) is 5.23. The lowest BCUT2D eigenvalue weighted by molar-refractivity contribution is -0.146. The Balaban J connectivity index is 1.48. The summed E-state index contributed by atoms with van der Waals surface area (Å²) in [7, 11) is 0. The summed E-state index contributed by atoms with van der Waals surface area (Å²) in [5.74, 6) is 0.431. The summed E-state index contributed by atoms with van der Waals surface area (Å²) in [6, 6.07) is 14.3. The Labute approximate surface area is 139 Å². The van der Waals surface area contributed by atoms with E-state index in [1.165, 1.54) is 0 Å². The van der Waals surface area contributed by atoms with Gasteiger partial charge in [0.15, 0.2) is 18.1 Å². The predicted octanol–water partition coefficient (Wildman–Crippen LogP) is 2.18. The quantitative estimate of drug-likeness (QED) is 0.852. The SMILES string of the molecule is O=C(COC(=O)Cc1ccc2c(c1)OCCO2)Nc1ccccc1. The van der Waals surface area contributed by atoms with Crippen LogP contribution >= 0.6 is 0 Å². The number of anilines is 1. The normalized spacial score (nSPS) is 12.3. The molecule has 1 amide bonds. The third kappa shape index (κ3) is 4.25. The fraction of sp³-hybridized carbons (Fsp3) is 0.222. The van der Waals surface area contributed by atoms with Crippen LogP contribution < -0.4 is 14.8 Å². The first-order chi connectivity index (χ1) is 11.7. The molecule has 0 aromatic heterocycles. The summed E-state index contributed by atoms with van der Waals surface area (Å²) in [6.45, 7) is 0.684. The molecule has 2 aromatic carbocycles. The van der Waals surface area contributed by atoms with Crippen molar-refractivity contribution in [3.05, 3.63) is 54.1 Å². The first kappa shape index (κ1) is 15.9. The van der Waals surface area contributed by atoms with E-state index in [9.17, 15) is 9.59 Å². The molecule has 1 N–H and O–H groups in total. The average Bonchev–Trinajstić information content (AvgIpc) is 2.61. The minimum absolute atomic E-state index is 0.0647. The first-order valence-electron chi connectivity index (χ1n) is 7.60. The highest BCUT2D eigenvalue weighted by atomic mass is 16.6. The fourth-order valence-corrected chi connectivity index (χ4v) is 2.28. The van der Waals surface area contributed by atoms with Crippen LogP contribution in [-0.2, 0) is 20.7 Å². The van der Waals surface area contributed by atoms with E-state index in [4.69, 9.17) is 14.2 Å². The molecule has 0 bridgehead atoms. The number of carbonyl (C=O) groups excluding carboxylic acids is 2. The zero-order chi connectivity index (χ0) is 16.8. The highest BCUT2D eigenvalue weighted by Gasteiger charge is 2.14. The Kier molecular flexibility index (Phi) is 4.96. The van der Waals surface area contributed by atoms with E-state index < -0.39 is 5.97 Å². The van der Waals surface area contributed by atoms with Crippen molar-refractivity contribution in [1.29, 1.82) is 0 Å². The van der Waals surface area contributed by atoms with Crippen molar-refractivity contribution in [3.63, 3.8) is 0 Å². The number of nitrogens with one attached hydrogen (secondary N) is 1. The van der Waals surface area contributed by atoms with Crippen molar-refractivity contribution in [2.24, 2.45) is 0 Å². The number of carbonyl (C=O) groups is 2. The van der Waals surface area contributed by atoms with Gasteiger partial charge in [0.2, 0.25) is 0 Å². The molecule has 2 aromatic rings. The van der Waals surface area contributed by atoms with E-state index in [1.807, 2.05) is 18.2 Å². The number of para-hydroxylation sites is 1. The zero-order valence-corrected chi connectivity index (χ0v) is 13.0. The van der Waals surface area contributed by atoms with Gasteiger partial charge in [-0.05, 0) is 29.8 Å². The van der Waals surface area contributed by atoms with Gasteiger partial charge in [0.25, 0.3) is 5.91 Å². The van der Waals surface area contributed by atoms with E-state index in [2.05, 4.69) is 5.32 Å². The van der Waals surface area contributed by atoms with Crippen LogP contribution in [0.25, 0.3) is 0 Å². The molecule has 0 unspecified atom stereocenters. The number of rotatable bonds is 5. The van der Waals surface area contributed by atoms with Crippen LogP contribution in [0.4, 0.5) is 5.69 Å². The molecule has 24 heavy (non-hydrogen) atoms. The van der Waals surface area contributed by atoms with E-state index in [0.717, 1.165) is 5.56 Å². The molecule has 0 radical (unpaired) electrons. The molecular weight excluding hydrogens is 310 g/mol. The number of amides is 1. The largest absolute Gasteiger partial charge is 0.486 e. The molecule has 0 atom stereocenters. The zero-order valence-electron chi connectivity index (χ0n) is 13.0. The van der Waals surface area contributed by atoms with Crippen molar-refractivity contribution in [2.75, 3.05) is 25.1 Å². The van der Waals surface area contributed by atoms with Gasteiger partial charge in [-0.3, -0.25) is 9.59 Å². The molecule has 6 heteroatoms. The third-order valence-corrected chi connectivity index (χ3v) is 3.38. The minimum atomic E-state index is -0.477. The van der Waals surface area contributed by atoms with Crippen LogP contribution in [0.5, 0.6) is 11.5 Å². The molecule has 124 valence electrons. The number of hydrogen-bond donors (Lipinski definition) is 1. The monoisotopic (exact) mass is 327 g/mol. The van der Waals surface area contributed by atoms with Crippen molar-refractivity contribution in [1.82, 2.24) is 0 Å². The molecule has 3 rings (SSSR count). The van der Waals surface area contributed by atoms with Crippen LogP contribution in [0.15, 0.2) is 48.5 Å². The summed E-state index contributed by atoms with van der Waals surface area (Å²) in [4.78, 5) is 23.6. The lowest BCUT2D eigenvalue weighted by atomic mass is 10.1. The van der Waals surface area contributed by atoms with Crippen molar-refractivity contribution < 1.29 is 23.8 Å². The molecule has 6 nitrogen and oxygen atoms in total. The van der Waals surface area contributed by atoms with Gasteiger partial charge >= 0.3 is 5.97 Å². The van der Waals surface area contributed by atoms with Gasteiger partial charge in [-0.25, -0.2) is 0 Å². The molecule has 0 spiro atoms. The van der Waals surface area contributed by atoms with Crippen LogP contribution in [-0.4, -0.2) is 31.7 Å². The third-order valence-electron chi connectivity index (χ3n) is 3.38. The fourth-order valence-electron chi connectivity index (χ4n) is 2.28. The highest BCUT2D eigenvalue weighted by Crippen LogP contribution is 2.30. The van der Waals surface area contributed by atoms with Gasteiger partial charge in [-0.2, -0.15) is 0 Å². The van der Waals surface area contributed by atoms with Crippen molar-refractivity contribution in [3.8, 4) is 11.5 Å². The van der Waals surface area contributed by atoms with Crippen molar-refractivity contribution >= 4 is 17.6 Å². The number of fused-ring (bicyclic) bond motifs is 1. The number of ether oxygens (including phenoxy) is 3. The number of hydrogen-bond acceptors (Lipinski definition) is 5. The number of esters is 1. The molecule has 0 aliphatic carbocycles. The van der Waals surface area contributed by atoms with Gasteiger partial charge in [0.1, 0.15) is 13.2 Å². The van der Waals surface area contributed by atoms with Gasteiger partial charge in [-0.1, -0.05) is 24.3 Å². The Morgan fingerprint density at radius 1 is 1.00 bits per heavy atom. The second-order valence-corrected chi connectivity index (χ2v) is 5.23. The van der Waals surface area contributed by atoms with Gasteiger partial charge in [-0.15, -0.1) is 0 Å². The summed E-state index contributed by atoms with van der Waals surface area (Å²) in [6.07, 6.45) is 0.0647. The molecular formula is C18H17NO5. The Morgan fingerprint density at radius 3 is 2.54 bits per heavy atom. The molecule has 1 heterocycles. The van der Waals surface area contributed by atoms with Crippen molar-refractivity contribution in [2.45, 2.75) is 6.42 Å². The smallest absolute Gasteiger partial charge is 0.310 e. The summed E-state index contributed by atoms with van der Waals surface area (Å²) in [5, 5.41) is 2.65. The highest BCUT2D eigenvalue weighted by molar-refractivity contribution is 5.92. The van der Waals surface area contributed by atoms with Crippen LogP contribution in [0.2, 0.25) is 0 Å². The predicted molar refractivity (Wildman–Crippen MR) is 87.2 cm³/mol. The Bertz CT molecular complexity index is 729. The van der Waals surface area contributed by atoms with Gasteiger partial charge in [0, 0.05) is 5.69 Å². The van der Waals surface area contributed by atoms with Gasteiger partial charge in [0.05, 0.1) is 6.42 Å². The first-order valence-corrected chi connectivity index (χ1v) is 7.60. The lowest BCUT2D eigenvalue weighted by Crippen LogP contribution is -2.21. The Hall–Kier alpha value is -3.02. The van der Waals surface area contributed by atoms with E-state index in [0.29, 0.717) is 30.4 Å². The Morgan fingerprint density at radius 2 is 1.75 bits per heavy atom. The molecule has 0 saturated carbocycles. The maximum Gasteiger partial charge on any atom is 0.310 e. The molecule has 0 fully saturated rings.